The molecule has 0 unspecified atom stereocenters. The molecule has 0 spiro atoms. The van der Waals surface area contributed by atoms with E-state index in [0.717, 1.165) is 17.7 Å². The fourth-order valence-electron chi connectivity index (χ4n) is 5.62. The fourth-order valence-corrected chi connectivity index (χ4v) is 5.62. The summed E-state index contributed by atoms with van der Waals surface area (Å²) in [6.07, 6.45) is 0.632. The van der Waals surface area contributed by atoms with Crippen LogP contribution in [0.3, 0.4) is 0 Å². The molecule has 5 rings (SSSR count). The number of anilines is 1. The molecule has 2 N–H and O–H groups in total. The number of aliphatic hydroxyl groups excluding tert-OH is 1. The van der Waals surface area contributed by atoms with Gasteiger partial charge in [0.05, 0.1) is 17.4 Å². The number of halogens is 1. The highest BCUT2D eigenvalue weighted by atomic mass is 19.1. The molecule has 2 heterocycles. The lowest BCUT2D eigenvalue weighted by Crippen LogP contribution is -2.50. The normalized spacial score (nSPS) is 17.6. The van der Waals surface area contributed by atoms with Crippen LogP contribution in [0.2, 0.25) is 0 Å². The highest BCUT2D eigenvalue weighted by molar-refractivity contribution is 6.03. The first kappa shape index (κ1) is 27.8. The van der Waals surface area contributed by atoms with Crippen LogP contribution in [0.4, 0.5) is 10.1 Å². The highest BCUT2D eigenvalue weighted by Crippen LogP contribution is 2.28. The number of hydrogen-bond acceptors (Lipinski definition) is 5. The van der Waals surface area contributed by atoms with Crippen molar-refractivity contribution in [2.75, 3.05) is 44.7 Å². The summed E-state index contributed by atoms with van der Waals surface area (Å²) in [4.78, 5) is 32.4. The van der Waals surface area contributed by atoms with E-state index in [2.05, 4.69) is 22.3 Å². The zero-order valence-electron chi connectivity index (χ0n) is 23.1. The third kappa shape index (κ3) is 6.03. The van der Waals surface area contributed by atoms with Gasteiger partial charge in [-0.2, -0.15) is 0 Å². The van der Waals surface area contributed by atoms with Gasteiger partial charge in [-0.1, -0.05) is 36.4 Å². The van der Waals surface area contributed by atoms with E-state index < -0.39 is 6.10 Å². The van der Waals surface area contributed by atoms with Crippen molar-refractivity contribution in [1.82, 2.24) is 15.1 Å². The van der Waals surface area contributed by atoms with Crippen molar-refractivity contribution in [3.8, 4) is 0 Å². The van der Waals surface area contributed by atoms with E-state index in [1.165, 1.54) is 23.3 Å². The Bertz CT molecular complexity index is 1360. The first-order valence-electron chi connectivity index (χ1n) is 14.0. The van der Waals surface area contributed by atoms with Gasteiger partial charge < -0.3 is 25.1 Å². The quantitative estimate of drug-likeness (QED) is 0.454. The number of nitrogens with one attached hydrogen (secondary N) is 1. The molecule has 210 valence electrons. The molecule has 3 aromatic rings. The van der Waals surface area contributed by atoms with Crippen molar-refractivity contribution >= 4 is 17.5 Å². The lowest BCUT2D eigenvalue weighted by molar-refractivity contribution is 0.0540. The van der Waals surface area contributed by atoms with E-state index in [9.17, 15) is 19.1 Å². The van der Waals surface area contributed by atoms with Gasteiger partial charge in [0.25, 0.3) is 11.8 Å². The molecule has 8 heteroatoms. The molecule has 0 saturated heterocycles. The minimum atomic E-state index is -0.704. The molecule has 3 aromatic carbocycles. The Labute approximate surface area is 235 Å². The van der Waals surface area contributed by atoms with Crippen LogP contribution in [0.5, 0.6) is 0 Å². The predicted octanol–water partition coefficient (Wildman–Crippen LogP) is 3.50. The number of aliphatic hydroxyl groups is 1. The van der Waals surface area contributed by atoms with E-state index >= 15 is 0 Å². The second-order valence-corrected chi connectivity index (χ2v) is 10.7. The Morgan fingerprint density at radius 1 is 1.07 bits per heavy atom. The van der Waals surface area contributed by atoms with Crippen LogP contribution in [0, 0.1) is 5.82 Å². The van der Waals surface area contributed by atoms with Crippen LogP contribution in [-0.2, 0) is 19.4 Å². The number of carbonyl (C=O) groups excluding carboxylic acids is 2. The van der Waals surface area contributed by atoms with Crippen molar-refractivity contribution in [3.63, 3.8) is 0 Å². The molecular formula is C32H37FN4O3. The highest BCUT2D eigenvalue weighted by Gasteiger charge is 2.31. The molecule has 0 aliphatic carbocycles. The number of fused-ring (bicyclic) bond motifs is 2. The van der Waals surface area contributed by atoms with Gasteiger partial charge in [-0.05, 0) is 66.8 Å². The van der Waals surface area contributed by atoms with Gasteiger partial charge in [0, 0.05) is 57.9 Å². The molecule has 40 heavy (non-hydrogen) atoms. The maximum absolute atomic E-state index is 13.7. The standard InChI is InChI=1S/C32H37FN4O3/c1-3-36-16-17-37(21-30(38)28-18-23-6-4-5-7-25(23)20-34-28)32(40)27-13-10-24(19-29(27)36)31(39)35(2)15-14-22-8-11-26(33)12-9-22/h4-13,19,28,30,34,38H,3,14-18,20-21H2,1-2H3/t28-,30+/m0/s1. The molecule has 7 nitrogen and oxygen atoms in total. The number of carbonyl (C=O) groups is 2. The molecule has 0 saturated carbocycles. The smallest absolute Gasteiger partial charge is 0.256 e. The van der Waals surface area contributed by atoms with E-state index in [1.807, 2.05) is 25.1 Å². The Kier molecular flexibility index (Phi) is 8.47. The van der Waals surface area contributed by atoms with Gasteiger partial charge in [0.2, 0.25) is 0 Å². The van der Waals surface area contributed by atoms with Crippen LogP contribution in [0.15, 0.2) is 66.7 Å². The second-order valence-electron chi connectivity index (χ2n) is 10.7. The van der Waals surface area contributed by atoms with Gasteiger partial charge in [-0.25, -0.2) is 4.39 Å². The third-order valence-electron chi connectivity index (χ3n) is 8.11. The summed E-state index contributed by atoms with van der Waals surface area (Å²) in [6, 6.07) is 19.7. The summed E-state index contributed by atoms with van der Waals surface area (Å²) in [5, 5.41) is 14.5. The number of hydrogen-bond donors (Lipinski definition) is 2. The average Bonchev–Trinajstić information content (AvgIpc) is 3.11. The molecule has 0 radical (unpaired) electrons. The molecule has 0 aromatic heterocycles. The van der Waals surface area contributed by atoms with Crippen molar-refractivity contribution < 1.29 is 19.1 Å². The topological polar surface area (TPSA) is 76.1 Å². The maximum Gasteiger partial charge on any atom is 0.256 e. The predicted molar refractivity (Wildman–Crippen MR) is 154 cm³/mol. The van der Waals surface area contributed by atoms with Gasteiger partial charge >= 0.3 is 0 Å². The summed E-state index contributed by atoms with van der Waals surface area (Å²) in [7, 11) is 1.75. The average molecular weight is 545 g/mol. The molecule has 0 bridgehead atoms. The van der Waals surface area contributed by atoms with Crippen LogP contribution >= 0.6 is 0 Å². The van der Waals surface area contributed by atoms with Gasteiger partial charge in [-0.15, -0.1) is 0 Å². The SMILES string of the molecule is CCN1CCN(C[C@@H](O)[C@@H]2Cc3ccccc3CN2)C(=O)c2ccc(C(=O)N(C)CCc3ccc(F)cc3)cc21. The van der Waals surface area contributed by atoms with Crippen LogP contribution in [-0.4, -0.2) is 78.6 Å². The molecule has 2 aliphatic heterocycles. The number of benzene rings is 3. The Balaban J connectivity index is 1.27. The molecule has 2 aliphatic rings. The lowest BCUT2D eigenvalue weighted by Gasteiger charge is -2.33. The second kappa shape index (κ2) is 12.2. The minimum Gasteiger partial charge on any atom is -0.390 e. The number of amides is 2. The van der Waals surface area contributed by atoms with Crippen molar-refractivity contribution in [2.45, 2.75) is 38.5 Å². The lowest BCUT2D eigenvalue weighted by atomic mass is 9.92. The molecule has 0 fully saturated rings. The van der Waals surface area contributed by atoms with Crippen LogP contribution < -0.4 is 10.2 Å². The zero-order valence-corrected chi connectivity index (χ0v) is 23.1. The summed E-state index contributed by atoms with van der Waals surface area (Å²) in [6.45, 7) is 5.25. The Morgan fingerprint density at radius 2 is 1.80 bits per heavy atom. The number of rotatable bonds is 8. The Morgan fingerprint density at radius 3 is 2.55 bits per heavy atom. The van der Waals surface area contributed by atoms with E-state index in [-0.39, 0.29) is 30.2 Å². The summed E-state index contributed by atoms with van der Waals surface area (Å²) in [5.41, 5.74) is 5.24. The van der Waals surface area contributed by atoms with Crippen LogP contribution in [0.25, 0.3) is 0 Å². The summed E-state index contributed by atoms with van der Waals surface area (Å²) >= 11 is 0. The van der Waals surface area contributed by atoms with Crippen LogP contribution in [0.1, 0.15) is 44.3 Å². The third-order valence-corrected chi connectivity index (χ3v) is 8.11. The van der Waals surface area contributed by atoms with Gasteiger partial charge in [-0.3, -0.25) is 9.59 Å². The van der Waals surface area contributed by atoms with Crippen molar-refractivity contribution in [2.24, 2.45) is 0 Å². The number of likely N-dealkylation sites (N-methyl/N-ethyl adjacent to an activating group) is 2. The maximum atomic E-state index is 13.7. The zero-order chi connectivity index (χ0) is 28.2. The minimum absolute atomic E-state index is 0.127. The van der Waals surface area contributed by atoms with Crippen molar-refractivity contribution in [3.05, 3.63) is 100 Å². The van der Waals surface area contributed by atoms with E-state index in [1.54, 1.807) is 41.1 Å². The monoisotopic (exact) mass is 544 g/mol. The first-order chi connectivity index (χ1) is 19.3. The first-order valence-corrected chi connectivity index (χ1v) is 14.0. The number of nitrogens with zero attached hydrogens (tertiary/aromatic N) is 3. The molecular weight excluding hydrogens is 507 g/mol. The van der Waals surface area contributed by atoms with Gasteiger partial charge in [0.15, 0.2) is 0 Å². The van der Waals surface area contributed by atoms with E-state index in [0.29, 0.717) is 50.3 Å². The molecule has 2 amide bonds. The number of β-amino-alcohol motifs (C(OH)–C–C–N with tert-alkyl or cyclic N) is 1. The molecule has 2 atom stereocenters. The summed E-state index contributed by atoms with van der Waals surface area (Å²) < 4.78 is 13.2. The Hall–Kier alpha value is -3.75. The van der Waals surface area contributed by atoms with E-state index in [4.69, 9.17) is 0 Å². The summed E-state index contributed by atoms with van der Waals surface area (Å²) in [5.74, 6) is -0.545. The van der Waals surface area contributed by atoms with Crippen molar-refractivity contribution in [1.29, 1.82) is 0 Å². The fraction of sp³-hybridized carbons (Fsp3) is 0.375. The largest absolute Gasteiger partial charge is 0.390 e. The van der Waals surface area contributed by atoms with Gasteiger partial charge in [0.1, 0.15) is 5.82 Å².